The van der Waals surface area contributed by atoms with Gasteiger partial charge in [-0.3, -0.25) is 0 Å². The Hall–Kier alpha value is -4.66. The molecule has 0 aliphatic rings. The van der Waals surface area contributed by atoms with Crippen molar-refractivity contribution in [3.8, 4) is 5.69 Å². The molecule has 1 nitrogen and oxygen atoms in total. The van der Waals surface area contributed by atoms with Crippen LogP contribution in [0.15, 0.2) is 127 Å². The van der Waals surface area contributed by atoms with Crippen LogP contribution in [0.2, 0.25) is 0 Å². The fraction of sp³-hybridized carbons (Fsp3) is 0. The van der Waals surface area contributed by atoms with Crippen molar-refractivity contribution >= 4 is 85.6 Å². The van der Waals surface area contributed by atoms with Crippen LogP contribution in [-0.4, -0.2) is 4.57 Å². The van der Waals surface area contributed by atoms with Crippen LogP contribution in [-0.2, 0) is 0 Å². The van der Waals surface area contributed by atoms with E-state index in [9.17, 15) is 0 Å². The fourth-order valence-electron chi connectivity index (χ4n) is 6.52. The Balaban J connectivity index is 1.59. The predicted molar refractivity (Wildman–Crippen MR) is 166 cm³/mol. The van der Waals surface area contributed by atoms with Crippen LogP contribution in [0, 0.1) is 0 Å². The summed E-state index contributed by atoms with van der Waals surface area (Å²) in [4.78, 5) is 0. The summed E-state index contributed by atoms with van der Waals surface area (Å²) in [5.41, 5.74) is 3.79. The van der Waals surface area contributed by atoms with Crippen LogP contribution in [0.25, 0.3) is 80.0 Å². The van der Waals surface area contributed by atoms with Crippen molar-refractivity contribution in [2.45, 2.75) is 0 Å². The van der Waals surface area contributed by atoms with E-state index in [4.69, 9.17) is 0 Å². The Kier molecular flexibility index (Phi) is 3.99. The molecule has 7 aromatic carbocycles. The Labute approximate surface area is 222 Å². The first-order chi connectivity index (χ1) is 18.9. The van der Waals surface area contributed by atoms with E-state index in [0.29, 0.717) is 0 Å². The minimum Gasteiger partial charge on any atom is -0.307 e. The Morgan fingerprint density at radius 2 is 1.08 bits per heavy atom. The lowest BCUT2D eigenvalue weighted by Crippen LogP contribution is -1.95. The number of aromatic nitrogens is 1. The van der Waals surface area contributed by atoms with E-state index in [-0.39, 0.29) is 0 Å². The van der Waals surface area contributed by atoms with Crippen LogP contribution < -0.4 is 0 Å². The second kappa shape index (κ2) is 7.44. The topological polar surface area (TPSA) is 4.93 Å². The number of rotatable bonds is 1. The third kappa shape index (κ3) is 2.60. The molecular formula is C36H21NS. The summed E-state index contributed by atoms with van der Waals surface area (Å²) in [6.07, 6.45) is 0. The summed E-state index contributed by atoms with van der Waals surface area (Å²) < 4.78 is 5.22. The monoisotopic (exact) mass is 499 g/mol. The molecule has 2 heteroatoms. The smallest absolute Gasteiger partial charge is 0.0726 e. The molecular weight excluding hydrogens is 478 g/mol. The Morgan fingerprint density at radius 1 is 0.447 bits per heavy atom. The number of fused-ring (bicyclic) bond motifs is 12. The Bertz CT molecular complexity index is 2400. The fourth-order valence-corrected chi connectivity index (χ4v) is 7.78. The van der Waals surface area contributed by atoms with Gasteiger partial charge in [-0.1, -0.05) is 97.1 Å². The maximum absolute atomic E-state index is 2.53. The van der Waals surface area contributed by atoms with Gasteiger partial charge in [0.1, 0.15) is 0 Å². The lowest BCUT2D eigenvalue weighted by Gasteiger charge is -2.14. The van der Waals surface area contributed by atoms with Gasteiger partial charge in [0.25, 0.3) is 0 Å². The van der Waals surface area contributed by atoms with Crippen molar-refractivity contribution < 1.29 is 0 Å². The highest BCUT2D eigenvalue weighted by Crippen LogP contribution is 2.48. The molecule has 2 heterocycles. The summed E-state index contributed by atoms with van der Waals surface area (Å²) in [5, 5.41) is 13.1. The molecule has 2 aromatic heterocycles. The first-order valence-corrected chi connectivity index (χ1v) is 13.9. The largest absolute Gasteiger partial charge is 0.307 e. The molecule has 0 N–H and O–H groups in total. The zero-order valence-corrected chi connectivity index (χ0v) is 21.3. The summed E-state index contributed by atoms with van der Waals surface area (Å²) in [6.45, 7) is 0. The van der Waals surface area contributed by atoms with Crippen LogP contribution in [0.5, 0.6) is 0 Å². The number of para-hydroxylation sites is 1. The maximum atomic E-state index is 2.53. The molecule has 9 aromatic rings. The number of benzene rings is 7. The minimum atomic E-state index is 1.23. The predicted octanol–water partition coefficient (Wildman–Crippen LogP) is 10.6. The van der Waals surface area contributed by atoms with Crippen LogP contribution in [0.1, 0.15) is 0 Å². The number of nitrogens with zero attached hydrogens (tertiary/aromatic N) is 1. The van der Waals surface area contributed by atoms with Gasteiger partial charge in [0.2, 0.25) is 0 Å². The van der Waals surface area contributed by atoms with E-state index in [1.165, 1.54) is 80.0 Å². The average molecular weight is 500 g/mol. The molecule has 0 amide bonds. The van der Waals surface area contributed by atoms with Gasteiger partial charge >= 0.3 is 0 Å². The van der Waals surface area contributed by atoms with Crippen molar-refractivity contribution in [2.75, 3.05) is 0 Å². The summed E-state index contributed by atoms with van der Waals surface area (Å²) in [6, 6.07) is 46.8. The quantitative estimate of drug-likeness (QED) is 0.198. The maximum Gasteiger partial charge on any atom is 0.0726 e. The molecule has 0 aliphatic carbocycles. The van der Waals surface area contributed by atoms with Gasteiger partial charge in [-0.25, -0.2) is 0 Å². The van der Waals surface area contributed by atoms with Crippen LogP contribution in [0.3, 0.4) is 0 Å². The van der Waals surface area contributed by atoms with Gasteiger partial charge in [-0.05, 0) is 57.3 Å². The first kappa shape index (κ1) is 20.4. The third-order valence-electron chi connectivity index (χ3n) is 8.12. The zero-order valence-electron chi connectivity index (χ0n) is 20.5. The van der Waals surface area contributed by atoms with E-state index in [1.54, 1.807) is 0 Å². The molecule has 38 heavy (non-hydrogen) atoms. The molecule has 0 saturated carbocycles. The van der Waals surface area contributed by atoms with Crippen LogP contribution >= 0.6 is 11.3 Å². The second-order valence-corrected chi connectivity index (χ2v) is 11.2. The van der Waals surface area contributed by atoms with Crippen molar-refractivity contribution in [1.29, 1.82) is 0 Å². The van der Waals surface area contributed by atoms with Crippen molar-refractivity contribution in [1.82, 2.24) is 4.57 Å². The SMILES string of the molecule is c1ccc2cc3c(-n4c5ccccc5c5c6ccccc6c6c7ccccc7sc6c54)cccc3cc2c1. The minimum absolute atomic E-state index is 1.23. The van der Waals surface area contributed by atoms with E-state index < -0.39 is 0 Å². The molecule has 0 atom stereocenters. The van der Waals surface area contributed by atoms with E-state index in [2.05, 4.69) is 132 Å². The summed E-state index contributed by atoms with van der Waals surface area (Å²) >= 11 is 1.92. The van der Waals surface area contributed by atoms with Gasteiger partial charge in [-0.15, -0.1) is 11.3 Å². The van der Waals surface area contributed by atoms with Gasteiger partial charge in [0, 0.05) is 31.6 Å². The molecule has 0 fully saturated rings. The van der Waals surface area contributed by atoms with Gasteiger partial charge in [-0.2, -0.15) is 0 Å². The average Bonchev–Trinajstić information content (AvgIpc) is 3.53. The number of hydrogen-bond acceptors (Lipinski definition) is 1. The molecule has 0 spiro atoms. The first-order valence-electron chi connectivity index (χ1n) is 13.0. The molecule has 0 unspecified atom stereocenters. The molecule has 0 radical (unpaired) electrons. The highest BCUT2D eigenvalue weighted by atomic mass is 32.1. The van der Waals surface area contributed by atoms with E-state index in [1.807, 2.05) is 11.3 Å². The number of hydrogen-bond donors (Lipinski definition) is 0. The van der Waals surface area contributed by atoms with Crippen molar-refractivity contribution in [3.63, 3.8) is 0 Å². The van der Waals surface area contributed by atoms with Crippen molar-refractivity contribution in [2.24, 2.45) is 0 Å². The summed E-state index contributed by atoms with van der Waals surface area (Å²) in [5.74, 6) is 0. The molecule has 176 valence electrons. The van der Waals surface area contributed by atoms with Gasteiger partial charge in [0.05, 0.1) is 21.4 Å². The second-order valence-electron chi connectivity index (χ2n) is 10.1. The Morgan fingerprint density at radius 3 is 1.92 bits per heavy atom. The zero-order chi connectivity index (χ0) is 24.8. The lowest BCUT2D eigenvalue weighted by atomic mass is 9.99. The molecule has 0 saturated heterocycles. The molecule has 9 rings (SSSR count). The third-order valence-corrected chi connectivity index (χ3v) is 9.29. The normalized spacial score (nSPS) is 12.2. The van der Waals surface area contributed by atoms with Gasteiger partial charge in [0.15, 0.2) is 0 Å². The van der Waals surface area contributed by atoms with Crippen LogP contribution in [0.4, 0.5) is 0 Å². The number of thiophene rings is 1. The van der Waals surface area contributed by atoms with Crippen molar-refractivity contribution in [3.05, 3.63) is 127 Å². The van der Waals surface area contributed by atoms with E-state index in [0.717, 1.165) is 0 Å². The standard InChI is InChI=1S/C36H21NS/c1-2-11-23-21-29-24(20-22(23)10-1)12-9-18-31(29)37-30-17-7-5-15-27(30)33-25-13-3-4-14-26(25)34-28-16-6-8-19-32(28)38-36(34)35(33)37/h1-21H. The lowest BCUT2D eigenvalue weighted by molar-refractivity contribution is 1.21. The highest BCUT2D eigenvalue weighted by Gasteiger charge is 2.22. The highest BCUT2D eigenvalue weighted by molar-refractivity contribution is 7.27. The molecule has 0 bridgehead atoms. The summed E-state index contributed by atoms with van der Waals surface area (Å²) in [7, 11) is 0. The molecule has 0 aliphatic heterocycles. The van der Waals surface area contributed by atoms with Gasteiger partial charge < -0.3 is 4.57 Å². The van der Waals surface area contributed by atoms with E-state index >= 15 is 0 Å².